The van der Waals surface area contributed by atoms with Gasteiger partial charge in [0.2, 0.25) is 0 Å². The maximum Gasteiger partial charge on any atom is 0.352 e. The van der Waals surface area contributed by atoms with Gasteiger partial charge in [0.05, 0.1) is 11.4 Å². The molecule has 21 heavy (non-hydrogen) atoms. The number of allylic oxidation sites excluding steroid dienone is 1. The Balaban J connectivity index is 2.28. The summed E-state index contributed by atoms with van der Waals surface area (Å²) in [6, 6.07) is 15.2. The van der Waals surface area contributed by atoms with E-state index in [2.05, 4.69) is 5.32 Å². The number of carboxylic acid groups (broad SMARTS) is 1. The van der Waals surface area contributed by atoms with Crippen LogP contribution >= 0.6 is 0 Å². The number of ketones is 1. The molecule has 0 saturated heterocycles. The Labute approximate surface area is 121 Å². The molecule has 0 aromatic heterocycles. The Kier molecular flexibility index (Phi) is 4.36. The Morgan fingerprint density at radius 2 is 1.62 bits per heavy atom. The van der Waals surface area contributed by atoms with Gasteiger partial charge in [-0.15, -0.1) is 0 Å². The largest absolute Gasteiger partial charge is 0.477 e. The first-order valence-electron chi connectivity index (χ1n) is 6.24. The van der Waals surface area contributed by atoms with Crippen LogP contribution in [0, 0.1) is 0 Å². The zero-order chi connectivity index (χ0) is 15.2. The summed E-state index contributed by atoms with van der Waals surface area (Å²) in [6.45, 7) is 0. The van der Waals surface area contributed by atoms with Crippen molar-refractivity contribution < 1.29 is 14.7 Å². The maximum atomic E-state index is 12.0. The summed E-state index contributed by atoms with van der Waals surface area (Å²) in [7, 11) is 0. The molecule has 5 nitrogen and oxygen atoms in total. The van der Waals surface area contributed by atoms with Gasteiger partial charge in [-0.05, 0) is 12.1 Å². The van der Waals surface area contributed by atoms with E-state index in [9.17, 15) is 14.7 Å². The second kappa shape index (κ2) is 6.38. The van der Waals surface area contributed by atoms with Crippen molar-refractivity contribution >= 4 is 23.1 Å². The molecule has 0 aliphatic rings. The highest BCUT2D eigenvalue weighted by molar-refractivity contribution is 6.09. The van der Waals surface area contributed by atoms with Gasteiger partial charge < -0.3 is 16.2 Å². The van der Waals surface area contributed by atoms with Gasteiger partial charge in [0.25, 0.3) is 0 Å². The Hall–Kier alpha value is -3.08. The molecule has 2 rings (SSSR count). The quantitative estimate of drug-likeness (QED) is 0.445. The van der Waals surface area contributed by atoms with Crippen LogP contribution in [0.5, 0.6) is 0 Å². The SMILES string of the molecule is Nc1ccccc1N/C(=C/C(=O)c1ccccc1)C(=O)O. The fourth-order valence-electron chi connectivity index (χ4n) is 1.72. The van der Waals surface area contributed by atoms with Gasteiger partial charge in [0.1, 0.15) is 5.70 Å². The molecule has 0 atom stereocenters. The molecule has 4 N–H and O–H groups in total. The topological polar surface area (TPSA) is 92.4 Å². The molecule has 0 heterocycles. The van der Waals surface area contributed by atoms with E-state index in [0.717, 1.165) is 6.08 Å². The van der Waals surface area contributed by atoms with E-state index in [1.807, 2.05) is 0 Å². The van der Waals surface area contributed by atoms with Crippen LogP contribution in [0.4, 0.5) is 11.4 Å². The van der Waals surface area contributed by atoms with E-state index in [0.29, 0.717) is 16.9 Å². The number of nitrogen functional groups attached to an aromatic ring is 1. The van der Waals surface area contributed by atoms with Crippen LogP contribution in [0.3, 0.4) is 0 Å². The second-order valence-corrected chi connectivity index (χ2v) is 4.31. The van der Waals surface area contributed by atoms with Crippen LogP contribution in [0.15, 0.2) is 66.4 Å². The summed E-state index contributed by atoms with van der Waals surface area (Å²) in [4.78, 5) is 23.3. The number of para-hydroxylation sites is 2. The van der Waals surface area contributed by atoms with E-state index < -0.39 is 11.8 Å². The van der Waals surface area contributed by atoms with Crippen LogP contribution in [-0.4, -0.2) is 16.9 Å². The molecule has 2 aromatic carbocycles. The third kappa shape index (κ3) is 3.70. The summed E-state index contributed by atoms with van der Waals surface area (Å²) in [5.74, 6) is -1.63. The van der Waals surface area contributed by atoms with Crippen molar-refractivity contribution in [1.82, 2.24) is 0 Å². The number of nitrogens with one attached hydrogen (secondary N) is 1. The van der Waals surface area contributed by atoms with Gasteiger partial charge in [-0.3, -0.25) is 4.79 Å². The van der Waals surface area contributed by atoms with E-state index >= 15 is 0 Å². The molecule has 0 unspecified atom stereocenters. The molecule has 5 heteroatoms. The first-order chi connectivity index (χ1) is 10.1. The molecule has 0 radical (unpaired) electrons. The molecular weight excluding hydrogens is 268 g/mol. The molecular formula is C16H14N2O3. The molecule has 0 spiro atoms. The van der Waals surface area contributed by atoms with Crippen molar-refractivity contribution in [2.75, 3.05) is 11.1 Å². The maximum absolute atomic E-state index is 12.0. The molecule has 106 valence electrons. The van der Waals surface area contributed by atoms with Gasteiger partial charge in [-0.25, -0.2) is 4.79 Å². The zero-order valence-electron chi connectivity index (χ0n) is 11.1. The normalized spacial score (nSPS) is 11.0. The molecule has 2 aromatic rings. The number of hydrogen-bond acceptors (Lipinski definition) is 4. The van der Waals surface area contributed by atoms with Crippen molar-refractivity contribution in [3.05, 3.63) is 71.9 Å². The second-order valence-electron chi connectivity index (χ2n) is 4.31. The molecule has 0 amide bonds. The number of nitrogens with two attached hydrogens (primary N) is 1. The van der Waals surface area contributed by atoms with Crippen molar-refractivity contribution in [3.63, 3.8) is 0 Å². The summed E-state index contributed by atoms with van der Waals surface area (Å²) in [5.41, 5.74) is 6.76. The average molecular weight is 282 g/mol. The summed E-state index contributed by atoms with van der Waals surface area (Å²) in [5, 5.41) is 11.9. The van der Waals surface area contributed by atoms with Crippen LogP contribution in [0.1, 0.15) is 10.4 Å². The number of carbonyl (C=O) groups excluding carboxylic acids is 1. The summed E-state index contributed by atoms with van der Waals surface area (Å²) in [6.07, 6.45) is 1.05. The monoisotopic (exact) mass is 282 g/mol. The van der Waals surface area contributed by atoms with Gasteiger partial charge in [-0.1, -0.05) is 42.5 Å². The lowest BCUT2D eigenvalue weighted by molar-refractivity contribution is -0.132. The van der Waals surface area contributed by atoms with E-state index in [1.54, 1.807) is 54.6 Å². The van der Waals surface area contributed by atoms with Crippen molar-refractivity contribution in [1.29, 1.82) is 0 Å². The summed E-state index contributed by atoms with van der Waals surface area (Å²) < 4.78 is 0. The number of anilines is 2. The van der Waals surface area contributed by atoms with Crippen LogP contribution in [0.25, 0.3) is 0 Å². The minimum atomic E-state index is -1.23. The highest BCUT2D eigenvalue weighted by atomic mass is 16.4. The number of hydrogen-bond donors (Lipinski definition) is 3. The van der Waals surface area contributed by atoms with Crippen LogP contribution in [0.2, 0.25) is 0 Å². The lowest BCUT2D eigenvalue weighted by atomic mass is 10.1. The number of benzene rings is 2. The Morgan fingerprint density at radius 1 is 1.00 bits per heavy atom. The molecule has 0 bridgehead atoms. The van der Waals surface area contributed by atoms with E-state index in [-0.39, 0.29) is 5.70 Å². The number of carboxylic acids is 1. The number of aliphatic carboxylic acids is 1. The molecule has 0 fully saturated rings. The highest BCUT2D eigenvalue weighted by Gasteiger charge is 2.12. The summed E-state index contributed by atoms with van der Waals surface area (Å²) >= 11 is 0. The zero-order valence-corrected chi connectivity index (χ0v) is 11.1. The minimum Gasteiger partial charge on any atom is -0.477 e. The van der Waals surface area contributed by atoms with Crippen molar-refractivity contribution in [2.45, 2.75) is 0 Å². The predicted octanol–water partition coefficient (Wildman–Crippen LogP) is 2.53. The standard InChI is InChI=1S/C16H14N2O3/c17-12-8-4-5-9-13(12)18-14(16(20)21)10-15(19)11-6-2-1-3-7-11/h1-10,18H,17H2,(H,20,21)/b14-10+. The van der Waals surface area contributed by atoms with E-state index in [1.165, 1.54) is 0 Å². The minimum absolute atomic E-state index is 0.234. The lowest BCUT2D eigenvalue weighted by Gasteiger charge is -2.09. The van der Waals surface area contributed by atoms with Gasteiger partial charge >= 0.3 is 5.97 Å². The molecule has 0 aliphatic carbocycles. The Morgan fingerprint density at radius 3 is 2.24 bits per heavy atom. The molecule has 0 aliphatic heterocycles. The van der Waals surface area contributed by atoms with Crippen molar-refractivity contribution in [3.8, 4) is 0 Å². The average Bonchev–Trinajstić information content (AvgIpc) is 2.49. The number of rotatable bonds is 5. The fraction of sp³-hybridized carbons (Fsp3) is 0. The van der Waals surface area contributed by atoms with Gasteiger partial charge in [-0.2, -0.15) is 0 Å². The molecule has 0 saturated carbocycles. The highest BCUT2D eigenvalue weighted by Crippen LogP contribution is 2.19. The predicted molar refractivity (Wildman–Crippen MR) is 81.0 cm³/mol. The van der Waals surface area contributed by atoms with Crippen molar-refractivity contribution in [2.24, 2.45) is 0 Å². The Bertz CT molecular complexity index is 694. The van der Waals surface area contributed by atoms with Gasteiger partial charge in [0.15, 0.2) is 5.78 Å². The smallest absolute Gasteiger partial charge is 0.352 e. The first kappa shape index (κ1) is 14.3. The van der Waals surface area contributed by atoms with Crippen LogP contribution < -0.4 is 11.1 Å². The van der Waals surface area contributed by atoms with Crippen LogP contribution in [-0.2, 0) is 4.79 Å². The number of carbonyl (C=O) groups is 2. The van der Waals surface area contributed by atoms with E-state index in [4.69, 9.17) is 5.73 Å². The first-order valence-corrected chi connectivity index (χ1v) is 6.24. The third-order valence-electron chi connectivity index (χ3n) is 2.79. The van der Waals surface area contributed by atoms with Gasteiger partial charge in [0, 0.05) is 11.6 Å². The lowest BCUT2D eigenvalue weighted by Crippen LogP contribution is -2.13. The fourth-order valence-corrected chi connectivity index (χ4v) is 1.72. The third-order valence-corrected chi connectivity index (χ3v) is 2.79.